The molecule has 0 radical (unpaired) electrons. The molecule has 0 amide bonds. The van der Waals surface area contributed by atoms with E-state index in [1.807, 2.05) is 38.1 Å². The molecule has 0 fully saturated rings. The highest BCUT2D eigenvalue weighted by atomic mass is 35.5. The van der Waals surface area contributed by atoms with Gasteiger partial charge in [0.15, 0.2) is 0 Å². The number of nitrogens with zero attached hydrogens (tertiary/aromatic N) is 2. The van der Waals surface area contributed by atoms with Crippen molar-refractivity contribution in [3.05, 3.63) is 40.8 Å². The standard InChI is InChI=1S/C14H15ClN2O/c1-4-12-16-13(9(2)14(15)17-12)10-6-5-7-11(8-10)18-3/h5-8H,4H2,1-3H3. The molecule has 0 bridgehead atoms. The van der Waals surface area contributed by atoms with Crippen LogP contribution in [0.5, 0.6) is 5.75 Å². The van der Waals surface area contributed by atoms with Gasteiger partial charge < -0.3 is 4.74 Å². The second-order valence-electron chi connectivity index (χ2n) is 3.99. The van der Waals surface area contributed by atoms with E-state index in [0.717, 1.165) is 34.8 Å². The maximum absolute atomic E-state index is 6.14. The first-order chi connectivity index (χ1) is 8.65. The molecule has 0 unspecified atom stereocenters. The molecular formula is C14H15ClN2O. The highest BCUT2D eigenvalue weighted by Gasteiger charge is 2.11. The fourth-order valence-electron chi connectivity index (χ4n) is 1.74. The largest absolute Gasteiger partial charge is 0.497 e. The molecule has 2 aromatic rings. The quantitative estimate of drug-likeness (QED) is 0.792. The average molecular weight is 263 g/mol. The van der Waals surface area contributed by atoms with E-state index in [9.17, 15) is 0 Å². The molecule has 0 aliphatic rings. The predicted molar refractivity (Wildman–Crippen MR) is 73.1 cm³/mol. The van der Waals surface area contributed by atoms with E-state index in [4.69, 9.17) is 16.3 Å². The summed E-state index contributed by atoms with van der Waals surface area (Å²) in [7, 11) is 1.65. The Bertz CT molecular complexity index is 570. The molecule has 1 aromatic carbocycles. The number of rotatable bonds is 3. The molecule has 0 aliphatic heterocycles. The Balaban J connectivity index is 2.58. The van der Waals surface area contributed by atoms with Crippen LogP contribution in [0.1, 0.15) is 18.3 Å². The number of methoxy groups -OCH3 is 1. The van der Waals surface area contributed by atoms with Crippen LogP contribution < -0.4 is 4.74 Å². The van der Waals surface area contributed by atoms with Gasteiger partial charge in [0, 0.05) is 17.5 Å². The van der Waals surface area contributed by atoms with E-state index in [0.29, 0.717) is 5.15 Å². The highest BCUT2D eigenvalue weighted by molar-refractivity contribution is 6.30. The second-order valence-corrected chi connectivity index (χ2v) is 4.35. The van der Waals surface area contributed by atoms with Crippen molar-refractivity contribution in [1.29, 1.82) is 0 Å². The predicted octanol–water partition coefficient (Wildman–Crippen LogP) is 3.68. The second kappa shape index (κ2) is 5.36. The van der Waals surface area contributed by atoms with E-state index in [-0.39, 0.29) is 0 Å². The van der Waals surface area contributed by atoms with Crippen LogP contribution >= 0.6 is 11.6 Å². The zero-order valence-corrected chi connectivity index (χ0v) is 11.5. The number of ether oxygens (including phenoxy) is 1. The molecule has 0 N–H and O–H groups in total. The van der Waals surface area contributed by atoms with Crippen LogP contribution in [0.15, 0.2) is 24.3 Å². The first kappa shape index (κ1) is 12.8. The van der Waals surface area contributed by atoms with Crippen molar-refractivity contribution in [1.82, 2.24) is 9.97 Å². The van der Waals surface area contributed by atoms with E-state index < -0.39 is 0 Å². The molecule has 0 saturated carbocycles. The minimum absolute atomic E-state index is 0.514. The van der Waals surface area contributed by atoms with Gasteiger partial charge in [-0.05, 0) is 19.1 Å². The van der Waals surface area contributed by atoms with Gasteiger partial charge in [-0.3, -0.25) is 0 Å². The Kier molecular flexibility index (Phi) is 3.82. The SMILES string of the molecule is CCc1nc(Cl)c(C)c(-c2cccc(OC)c2)n1. The van der Waals surface area contributed by atoms with Crippen LogP contribution in [0.4, 0.5) is 0 Å². The van der Waals surface area contributed by atoms with Crippen molar-refractivity contribution in [2.24, 2.45) is 0 Å². The number of aromatic nitrogens is 2. The Morgan fingerprint density at radius 2 is 2.06 bits per heavy atom. The summed E-state index contributed by atoms with van der Waals surface area (Å²) in [6.45, 7) is 3.94. The van der Waals surface area contributed by atoms with E-state index >= 15 is 0 Å². The third-order valence-electron chi connectivity index (χ3n) is 2.79. The van der Waals surface area contributed by atoms with E-state index in [2.05, 4.69) is 9.97 Å². The lowest BCUT2D eigenvalue weighted by Crippen LogP contribution is -1.99. The topological polar surface area (TPSA) is 35.0 Å². The summed E-state index contributed by atoms with van der Waals surface area (Å²) in [6, 6.07) is 7.79. The first-order valence-corrected chi connectivity index (χ1v) is 6.21. The Morgan fingerprint density at radius 1 is 1.28 bits per heavy atom. The normalized spacial score (nSPS) is 10.4. The summed E-state index contributed by atoms with van der Waals surface area (Å²) in [5, 5.41) is 0.514. The smallest absolute Gasteiger partial charge is 0.136 e. The number of halogens is 1. The minimum atomic E-state index is 0.514. The Labute approximate surface area is 112 Å². The van der Waals surface area contributed by atoms with Crippen LogP contribution in [-0.4, -0.2) is 17.1 Å². The lowest BCUT2D eigenvalue weighted by molar-refractivity contribution is 0.415. The van der Waals surface area contributed by atoms with Crippen molar-refractivity contribution in [2.45, 2.75) is 20.3 Å². The highest BCUT2D eigenvalue weighted by Crippen LogP contribution is 2.28. The van der Waals surface area contributed by atoms with Crippen LogP contribution in [0.25, 0.3) is 11.3 Å². The van der Waals surface area contributed by atoms with Crippen LogP contribution in [0, 0.1) is 6.92 Å². The van der Waals surface area contributed by atoms with Gasteiger partial charge in [0.25, 0.3) is 0 Å². The Morgan fingerprint density at radius 3 is 2.72 bits per heavy atom. The number of benzene rings is 1. The summed E-state index contributed by atoms with van der Waals surface area (Å²) in [6.07, 6.45) is 0.761. The summed E-state index contributed by atoms with van der Waals surface area (Å²) >= 11 is 6.14. The average Bonchev–Trinajstić information content (AvgIpc) is 2.41. The summed E-state index contributed by atoms with van der Waals surface area (Å²) in [5.41, 5.74) is 2.75. The van der Waals surface area contributed by atoms with Gasteiger partial charge in [0.2, 0.25) is 0 Å². The molecule has 1 aromatic heterocycles. The molecular weight excluding hydrogens is 248 g/mol. The summed E-state index contributed by atoms with van der Waals surface area (Å²) in [4.78, 5) is 8.79. The maximum Gasteiger partial charge on any atom is 0.136 e. The molecule has 2 rings (SSSR count). The van der Waals surface area contributed by atoms with Crippen molar-refractivity contribution in [3.63, 3.8) is 0 Å². The first-order valence-electron chi connectivity index (χ1n) is 5.83. The van der Waals surface area contributed by atoms with Gasteiger partial charge in [-0.15, -0.1) is 0 Å². The number of hydrogen-bond donors (Lipinski definition) is 0. The van der Waals surface area contributed by atoms with Gasteiger partial charge in [-0.1, -0.05) is 30.7 Å². The Hall–Kier alpha value is -1.61. The molecule has 94 valence electrons. The van der Waals surface area contributed by atoms with E-state index in [1.165, 1.54) is 0 Å². The molecule has 4 heteroatoms. The fourth-order valence-corrected chi connectivity index (χ4v) is 1.93. The molecule has 0 spiro atoms. The summed E-state index contributed by atoms with van der Waals surface area (Å²) < 4.78 is 5.23. The van der Waals surface area contributed by atoms with Crippen molar-refractivity contribution in [2.75, 3.05) is 7.11 Å². The third-order valence-corrected chi connectivity index (χ3v) is 3.16. The van der Waals surface area contributed by atoms with Crippen LogP contribution in [-0.2, 0) is 6.42 Å². The molecule has 0 aliphatic carbocycles. The van der Waals surface area contributed by atoms with Crippen LogP contribution in [0.3, 0.4) is 0 Å². The minimum Gasteiger partial charge on any atom is -0.497 e. The van der Waals surface area contributed by atoms with Gasteiger partial charge in [-0.25, -0.2) is 9.97 Å². The van der Waals surface area contributed by atoms with Crippen LogP contribution in [0.2, 0.25) is 5.15 Å². The van der Waals surface area contributed by atoms with Gasteiger partial charge in [0.1, 0.15) is 16.7 Å². The van der Waals surface area contributed by atoms with E-state index in [1.54, 1.807) is 7.11 Å². The molecule has 3 nitrogen and oxygen atoms in total. The lowest BCUT2D eigenvalue weighted by atomic mass is 10.1. The van der Waals surface area contributed by atoms with Gasteiger partial charge in [0.05, 0.1) is 12.8 Å². The van der Waals surface area contributed by atoms with Gasteiger partial charge >= 0.3 is 0 Å². The number of aryl methyl sites for hydroxylation is 1. The van der Waals surface area contributed by atoms with Gasteiger partial charge in [-0.2, -0.15) is 0 Å². The van der Waals surface area contributed by atoms with Crippen molar-refractivity contribution >= 4 is 11.6 Å². The fraction of sp³-hybridized carbons (Fsp3) is 0.286. The molecule has 18 heavy (non-hydrogen) atoms. The number of hydrogen-bond acceptors (Lipinski definition) is 3. The van der Waals surface area contributed by atoms with Crippen molar-refractivity contribution in [3.8, 4) is 17.0 Å². The molecule has 0 atom stereocenters. The maximum atomic E-state index is 6.14. The summed E-state index contributed by atoms with van der Waals surface area (Å²) in [5.74, 6) is 1.56. The molecule has 1 heterocycles. The monoisotopic (exact) mass is 262 g/mol. The zero-order chi connectivity index (χ0) is 13.1. The third kappa shape index (κ3) is 2.46. The zero-order valence-electron chi connectivity index (χ0n) is 10.7. The molecule has 0 saturated heterocycles. The lowest BCUT2D eigenvalue weighted by Gasteiger charge is -2.09. The van der Waals surface area contributed by atoms with Crippen molar-refractivity contribution < 1.29 is 4.74 Å².